The van der Waals surface area contributed by atoms with E-state index in [0.717, 1.165) is 0 Å². The summed E-state index contributed by atoms with van der Waals surface area (Å²) in [6.07, 6.45) is 0. The van der Waals surface area contributed by atoms with E-state index in [-0.39, 0.29) is 0 Å². The Kier molecular flexibility index (Phi) is 6.33. The Morgan fingerprint density at radius 1 is 1.09 bits per heavy atom. The zero-order chi connectivity index (χ0) is 8.53. The molecule has 0 aliphatic rings. The van der Waals surface area contributed by atoms with E-state index in [1.165, 1.54) is 0 Å². The molecule has 0 radical (unpaired) electrons. The Morgan fingerprint density at radius 2 is 1.27 bits per heavy atom. The SMILES string of the molecule is CNC(N)=S.c1ccccc1. The summed E-state index contributed by atoms with van der Waals surface area (Å²) in [5.74, 6) is 0. The molecule has 0 bridgehead atoms. The molecule has 3 heteroatoms. The van der Waals surface area contributed by atoms with Gasteiger partial charge in [0.05, 0.1) is 0 Å². The van der Waals surface area contributed by atoms with E-state index in [4.69, 9.17) is 5.73 Å². The van der Waals surface area contributed by atoms with E-state index < -0.39 is 0 Å². The van der Waals surface area contributed by atoms with Gasteiger partial charge in [-0.3, -0.25) is 0 Å². The highest BCUT2D eigenvalue weighted by atomic mass is 32.1. The van der Waals surface area contributed by atoms with Crippen LogP contribution in [0, 0.1) is 0 Å². The molecule has 3 N–H and O–H groups in total. The van der Waals surface area contributed by atoms with Gasteiger partial charge in [-0.2, -0.15) is 0 Å². The average molecular weight is 168 g/mol. The number of nitrogens with two attached hydrogens (primary N) is 1. The van der Waals surface area contributed by atoms with E-state index in [9.17, 15) is 0 Å². The summed E-state index contributed by atoms with van der Waals surface area (Å²) in [7, 11) is 1.68. The van der Waals surface area contributed by atoms with Crippen LogP contribution in [-0.4, -0.2) is 12.2 Å². The fourth-order valence-corrected chi connectivity index (χ4v) is 0.385. The van der Waals surface area contributed by atoms with E-state index >= 15 is 0 Å². The van der Waals surface area contributed by atoms with Crippen molar-refractivity contribution in [2.45, 2.75) is 0 Å². The lowest BCUT2D eigenvalue weighted by atomic mass is 10.4. The van der Waals surface area contributed by atoms with Gasteiger partial charge in [-0.05, 0) is 12.2 Å². The third-order valence-corrected chi connectivity index (χ3v) is 1.12. The maximum absolute atomic E-state index is 4.91. The van der Waals surface area contributed by atoms with Crippen LogP contribution in [0.5, 0.6) is 0 Å². The normalized spacial score (nSPS) is 7.36. The lowest BCUT2D eigenvalue weighted by molar-refractivity contribution is 1.18. The first-order valence-electron chi connectivity index (χ1n) is 3.24. The van der Waals surface area contributed by atoms with Gasteiger partial charge in [0.15, 0.2) is 5.11 Å². The summed E-state index contributed by atoms with van der Waals surface area (Å²) in [4.78, 5) is 0. The predicted molar refractivity (Wildman–Crippen MR) is 52.3 cm³/mol. The molecule has 1 aromatic carbocycles. The molecule has 0 spiro atoms. The monoisotopic (exact) mass is 168 g/mol. The summed E-state index contributed by atoms with van der Waals surface area (Å²) >= 11 is 4.36. The minimum absolute atomic E-state index is 0.338. The second-order valence-electron chi connectivity index (χ2n) is 1.77. The summed E-state index contributed by atoms with van der Waals surface area (Å²) in [5.41, 5.74) is 4.91. The number of nitrogens with one attached hydrogen (secondary N) is 1. The summed E-state index contributed by atoms with van der Waals surface area (Å²) in [6.45, 7) is 0. The number of rotatable bonds is 0. The first-order chi connectivity index (χ1) is 5.27. The minimum Gasteiger partial charge on any atom is -0.376 e. The highest BCUT2D eigenvalue weighted by Gasteiger charge is 1.66. The Balaban J connectivity index is 0.000000187. The number of thiocarbonyl (C=S) groups is 1. The second-order valence-corrected chi connectivity index (χ2v) is 2.21. The van der Waals surface area contributed by atoms with Crippen LogP contribution in [0.15, 0.2) is 36.4 Å². The third-order valence-electron chi connectivity index (χ3n) is 0.913. The fraction of sp³-hybridized carbons (Fsp3) is 0.125. The van der Waals surface area contributed by atoms with Gasteiger partial charge in [-0.25, -0.2) is 0 Å². The molecule has 0 saturated heterocycles. The standard InChI is InChI=1S/C6H6.C2H6N2S/c1-2-4-6-5-3-1;1-4-2(3)5/h1-6H;1H3,(H3,3,4,5). The summed E-state index contributed by atoms with van der Waals surface area (Å²) in [5, 5.41) is 2.88. The Morgan fingerprint density at radius 3 is 1.36 bits per heavy atom. The van der Waals surface area contributed by atoms with Crippen molar-refractivity contribution in [1.82, 2.24) is 5.32 Å². The molecule has 0 aromatic heterocycles. The molecular weight excluding hydrogens is 156 g/mol. The summed E-state index contributed by atoms with van der Waals surface area (Å²) in [6, 6.07) is 12.0. The zero-order valence-electron chi connectivity index (χ0n) is 6.45. The Labute approximate surface area is 72.4 Å². The lowest BCUT2D eigenvalue weighted by Gasteiger charge is -1.85. The van der Waals surface area contributed by atoms with Crippen LogP contribution < -0.4 is 11.1 Å². The largest absolute Gasteiger partial charge is 0.376 e. The minimum atomic E-state index is 0.338. The molecule has 0 aliphatic carbocycles. The van der Waals surface area contributed by atoms with Gasteiger partial charge in [0.25, 0.3) is 0 Å². The molecule has 0 amide bonds. The van der Waals surface area contributed by atoms with Crippen molar-refractivity contribution in [3.63, 3.8) is 0 Å². The lowest BCUT2D eigenvalue weighted by Crippen LogP contribution is -2.24. The van der Waals surface area contributed by atoms with Crippen LogP contribution >= 0.6 is 12.2 Å². The molecule has 11 heavy (non-hydrogen) atoms. The van der Waals surface area contributed by atoms with Crippen LogP contribution in [0.3, 0.4) is 0 Å². The van der Waals surface area contributed by atoms with Crippen molar-refractivity contribution >= 4 is 17.3 Å². The molecule has 0 saturated carbocycles. The zero-order valence-corrected chi connectivity index (χ0v) is 7.27. The number of benzene rings is 1. The first-order valence-corrected chi connectivity index (χ1v) is 3.65. The van der Waals surface area contributed by atoms with Gasteiger partial charge in [-0.1, -0.05) is 36.4 Å². The molecular formula is C8H12N2S. The van der Waals surface area contributed by atoms with Crippen molar-refractivity contribution in [3.05, 3.63) is 36.4 Å². The van der Waals surface area contributed by atoms with Crippen LogP contribution in [0.1, 0.15) is 0 Å². The topological polar surface area (TPSA) is 38.0 Å². The van der Waals surface area contributed by atoms with Gasteiger partial charge in [-0.15, -0.1) is 0 Å². The molecule has 0 atom stereocenters. The van der Waals surface area contributed by atoms with Gasteiger partial charge in [0.1, 0.15) is 0 Å². The number of hydrogen-bond donors (Lipinski definition) is 2. The van der Waals surface area contributed by atoms with Gasteiger partial charge in [0, 0.05) is 7.05 Å². The maximum Gasteiger partial charge on any atom is 0.163 e. The van der Waals surface area contributed by atoms with E-state index in [1.807, 2.05) is 36.4 Å². The van der Waals surface area contributed by atoms with Gasteiger partial charge >= 0.3 is 0 Å². The van der Waals surface area contributed by atoms with Gasteiger partial charge in [0.2, 0.25) is 0 Å². The Bertz CT molecular complexity index is 160. The molecule has 0 aliphatic heterocycles. The molecule has 2 nitrogen and oxygen atoms in total. The first kappa shape index (κ1) is 9.91. The molecule has 1 rings (SSSR count). The summed E-state index contributed by atoms with van der Waals surface area (Å²) < 4.78 is 0. The van der Waals surface area contributed by atoms with E-state index in [2.05, 4.69) is 17.5 Å². The second kappa shape index (κ2) is 7.02. The van der Waals surface area contributed by atoms with Crippen LogP contribution in [0.2, 0.25) is 0 Å². The highest BCUT2D eigenvalue weighted by Crippen LogP contribution is 1.79. The molecule has 60 valence electrons. The van der Waals surface area contributed by atoms with E-state index in [0.29, 0.717) is 5.11 Å². The van der Waals surface area contributed by atoms with Crippen molar-refractivity contribution in [2.75, 3.05) is 7.05 Å². The molecule has 1 aromatic rings. The van der Waals surface area contributed by atoms with Crippen molar-refractivity contribution in [1.29, 1.82) is 0 Å². The quantitative estimate of drug-likeness (QED) is 0.570. The maximum atomic E-state index is 4.91. The number of hydrogen-bond acceptors (Lipinski definition) is 1. The average Bonchev–Trinajstić information content (AvgIpc) is 2.09. The van der Waals surface area contributed by atoms with Gasteiger partial charge < -0.3 is 11.1 Å². The smallest absolute Gasteiger partial charge is 0.163 e. The molecule has 0 unspecified atom stereocenters. The molecule has 0 heterocycles. The predicted octanol–water partition coefficient (Wildman–Crippen LogP) is 1.14. The van der Waals surface area contributed by atoms with Crippen LogP contribution in [0.4, 0.5) is 0 Å². The highest BCUT2D eigenvalue weighted by molar-refractivity contribution is 7.80. The van der Waals surface area contributed by atoms with Crippen LogP contribution in [-0.2, 0) is 0 Å². The fourth-order valence-electron chi connectivity index (χ4n) is 0.385. The third kappa shape index (κ3) is 8.91. The van der Waals surface area contributed by atoms with Crippen LogP contribution in [0.25, 0.3) is 0 Å². The van der Waals surface area contributed by atoms with E-state index in [1.54, 1.807) is 7.05 Å². The Hall–Kier alpha value is -1.09. The molecule has 0 fully saturated rings. The van der Waals surface area contributed by atoms with Crippen molar-refractivity contribution in [2.24, 2.45) is 5.73 Å². The van der Waals surface area contributed by atoms with Crippen molar-refractivity contribution < 1.29 is 0 Å². The van der Waals surface area contributed by atoms with Crippen molar-refractivity contribution in [3.8, 4) is 0 Å².